The molecular weight excluding hydrogens is 460 g/mol. The van der Waals surface area contributed by atoms with Gasteiger partial charge in [0, 0.05) is 48.2 Å². The van der Waals surface area contributed by atoms with Gasteiger partial charge in [-0.15, -0.1) is 0 Å². The third kappa shape index (κ3) is 8.77. The van der Waals surface area contributed by atoms with Crippen molar-refractivity contribution < 1.29 is 14.6 Å². The summed E-state index contributed by atoms with van der Waals surface area (Å²) < 4.78 is 0. The monoisotopic (exact) mass is 490 g/mol. The first kappa shape index (κ1) is 27.9. The van der Waals surface area contributed by atoms with E-state index in [1.165, 1.54) is 30.3 Å². The Morgan fingerprint density at radius 1 is 0.944 bits per heavy atom. The summed E-state index contributed by atoms with van der Waals surface area (Å²) in [6.45, 7) is 1.92. The smallest absolute Gasteiger partial charge is 0.270 e. The molecule has 9 nitrogen and oxygen atoms in total. The van der Waals surface area contributed by atoms with Crippen molar-refractivity contribution in [2.75, 3.05) is 11.1 Å². The lowest BCUT2D eigenvalue weighted by Gasteiger charge is -2.06. The number of benzene rings is 2. The molecule has 0 aliphatic heterocycles. The fourth-order valence-electron chi connectivity index (χ4n) is 2.88. The number of nitrogens with zero attached hydrogens (tertiary/aromatic N) is 2. The molecule has 2 aliphatic rings. The number of nitrogens with two attached hydrogens (primary N) is 1. The summed E-state index contributed by atoms with van der Waals surface area (Å²) in [6, 6.07) is 8.67. The molecule has 2 saturated carbocycles. The Hall–Kier alpha value is -4.37. The largest absolute Gasteiger partial charge is 0.398 e. The number of rotatable bonds is 5. The van der Waals surface area contributed by atoms with Crippen LogP contribution in [0.4, 0.5) is 22.7 Å². The zero-order valence-corrected chi connectivity index (χ0v) is 19.4. The number of nitrogen functional groups attached to an aromatic ring is 1. The Morgan fingerprint density at radius 3 is 1.94 bits per heavy atom. The molecule has 0 saturated heterocycles. The van der Waals surface area contributed by atoms with Gasteiger partial charge in [0.05, 0.1) is 26.7 Å². The third-order valence-corrected chi connectivity index (χ3v) is 5.19. The first-order valence-electron chi connectivity index (χ1n) is 11.4. The van der Waals surface area contributed by atoms with Gasteiger partial charge in [-0.1, -0.05) is 38.0 Å². The van der Waals surface area contributed by atoms with Gasteiger partial charge < -0.3 is 11.1 Å². The van der Waals surface area contributed by atoms with Crippen LogP contribution in [0.5, 0.6) is 0 Å². The van der Waals surface area contributed by atoms with Crippen LogP contribution in [-0.4, -0.2) is 15.8 Å². The highest BCUT2D eigenvalue weighted by molar-refractivity contribution is 5.92. The first-order chi connectivity index (χ1) is 16.8. The average Bonchev–Trinajstić information content (AvgIpc) is 3.73. The van der Waals surface area contributed by atoms with Crippen LogP contribution in [0, 0.1) is 55.7 Å². The van der Waals surface area contributed by atoms with Crippen molar-refractivity contribution in [1.29, 1.82) is 0 Å². The van der Waals surface area contributed by atoms with Gasteiger partial charge in [0.25, 0.3) is 11.4 Å². The van der Waals surface area contributed by atoms with Gasteiger partial charge in [0.1, 0.15) is 0 Å². The van der Waals surface area contributed by atoms with E-state index in [1.807, 2.05) is 6.92 Å². The molecule has 3 N–H and O–H groups in total. The summed E-state index contributed by atoms with van der Waals surface area (Å²) in [5.41, 5.74) is 7.79. The van der Waals surface area contributed by atoms with Crippen molar-refractivity contribution in [3.8, 4) is 23.7 Å². The third-order valence-electron chi connectivity index (χ3n) is 5.19. The number of nitrogens with one attached hydrogen (secondary N) is 1. The van der Waals surface area contributed by atoms with Crippen LogP contribution < -0.4 is 11.1 Å². The van der Waals surface area contributed by atoms with Crippen molar-refractivity contribution >= 4 is 28.7 Å². The van der Waals surface area contributed by atoms with E-state index in [9.17, 15) is 25.0 Å². The normalized spacial score (nSPS) is 13.2. The van der Waals surface area contributed by atoms with E-state index in [0.29, 0.717) is 40.8 Å². The van der Waals surface area contributed by atoms with E-state index in [4.69, 9.17) is 5.73 Å². The summed E-state index contributed by atoms with van der Waals surface area (Å²) in [4.78, 5) is 32.1. The molecule has 0 aromatic heterocycles. The van der Waals surface area contributed by atoms with E-state index in [0.717, 1.165) is 32.1 Å². The number of non-ortho nitro benzene ring substituents is 2. The highest BCUT2D eigenvalue weighted by Gasteiger charge is 2.19. The van der Waals surface area contributed by atoms with Crippen LogP contribution in [0.3, 0.4) is 0 Å². The lowest BCUT2D eigenvalue weighted by atomic mass is 10.1. The van der Waals surface area contributed by atoms with Crippen molar-refractivity contribution in [1.82, 2.24) is 0 Å². The molecule has 0 spiro atoms. The van der Waals surface area contributed by atoms with Gasteiger partial charge in [-0.2, -0.15) is 0 Å². The Labute approximate surface area is 210 Å². The average molecular weight is 491 g/mol. The number of hydrogen-bond acceptors (Lipinski definition) is 6. The highest BCUT2D eigenvalue weighted by Crippen LogP contribution is 2.29. The Morgan fingerprint density at radius 2 is 1.44 bits per heavy atom. The maximum absolute atomic E-state index is 11.6. The van der Waals surface area contributed by atoms with Crippen LogP contribution in [0.15, 0.2) is 36.4 Å². The summed E-state index contributed by atoms with van der Waals surface area (Å²) >= 11 is 0. The lowest BCUT2D eigenvalue weighted by Crippen LogP contribution is -2.11. The Bertz CT molecular complexity index is 1260. The fraction of sp³-hybridized carbons (Fsp3) is 0.370. The number of nitro groups is 2. The maximum atomic E-state index is 11.6. The molecule has 9 heteroatoms. The molecule has 0 atom stereocenters. The molecule has 2 aromatic rings. The molecule has 2 aromatic carbocycles. The number of hydrogen-bond donors (Lipinski definition) is 2. The predicted octanol–water partition coefficient (Wildman–Crippen LogP) is 5.67. The second-order valence-corrected chi connectivity index (χ2v) is 8.40. The molecule has 0 radical (unpaired) electrons. The van der Waals surface area contributed by atoms with Crippen molar-refractivity contribution in [2.24, 2.45) is 11.8 Å². The standard InChI is InChI=1S/C15H16N2O3.C11H10N2O2.CH4/c1-2-3-15(18)16-14-9-8-13(17(19)20)10-12(14)7-6-11-4-5-11;12-11-6-5-10(13(14)15)7-9(11)4-3-8-1-2-8;/h8-11H,2-5H2,1H3,(H,16,18);5-8H,1-2,12H2;1H4. The minimum atomic E-state index is -0.458. The second kappa shape index (κ2) is 12.9. The number of carbonyl (C=O) groups excluding carboxylic acids is 1. The zero-order valence-electron chi connectivity index (χ0n) is 19.4. The number of anilines is 2. The topological polar surface area (TPSA) is 141 Å². The zero-order chi connectivity index (χ0) is 25.4. The maximum Gasteiger partial charge on any atom is 0.270 e. The van der Waals surface area contributed by atoms with E-state index in [2.05, 4.69) is 29.0 Å². The molecule has 188 valence electrons. The quantitative estimate of drug-likeness (QED) is 0.239. The molecule has 4 rings (SSSR count). The minimum absolute atomic E-state index is 0. The van der Waals surface area contributed by atoms with E-state index < -0.39 is 9.85 Å². The summed E-state index contributed by atoms with van der Waals surface area (Å²) in [5.74, 6) is 12.7. The molecule has 0 heterocycles. The van der Waals surface area contributed by atoms with Crippen molar-refractivity contribution in [3.63, 3.8) is 0 Å². The van der Waals surface area contributed by atoms with E-state index in [-0.39, 0.29) is 24.7 Å². The number of nitro benzene ring substituents is 2. The Kier molecular flexibility index (Phi) is 10.00. The van der Waals surface area contributed by atoms with Gasteiger partial charge in [0.2, 0.25) is 5.91 Å². The summed E-state index contributed by atoms with van der Waals surface area (Å²) in [6.07, 6.45) is 5.59. The number of amides is 1. The van der Waals surface area contributed by atoms with Gasteiger partial charge >= 0.3 is 0 Å². The second-order valence-electron chi connectivity index (χ2n) is 8.40. The Balaban J connectivity index is 0.000000256. The summed E-state index contributed by atoms with van der Waals surface area (Å²) in [5, 5.41) is 24.1. The van der Waals surface area contributed by atoms with Gasteiger partial charge in [-0.25, -0.2) is 0 Å². The van der Waals surface area contributed by atoms with Crippen LogP contribution in [0.1, 0.15) is 64.0 Å². The highest BCUT2D eigenvalue weighted by atomic mass is 16.6. The van der Waals surface area contributed by atoms with Crippen LogP contribution in [0.2, 0.25) is 0 Å². The molecule has 0 bridgehead atoms. The minimum Gasteiger partial charge on any atom is -0.398 e. The van der Waals surface area contributed by atoms with Crippen molar-refractivity contribution in [2.45, 2.75) is 52.9 Å². The van der Waals surface area contributed by atoms with Gasteiger partial charge in [-0.3, -0.25) is 25.0 Å². The van der Waals surface area contributed by atoms with E-state index >= 15 is 0 Å². The predicted molar refractivity (Wildman–Crippen MR) is 140 cm³/mol. The molecule has 1 amide bonds. The summed E-state index contributed by atoms with van der Waals surface area (Å²) in [7, 11) is 0. The SMILES string of the molecule is C.CCCC(=O)Nc1ccc([N+](=O)[O-])cc1C#CC1CC1.Nc1ccc([N+](=O)[O-])cc1C#CC1CC1. The van der Waals surface area contributed by atoms with E-state index in [1.54, 1.807) is 6.07 Å². The molecule has 0 unspecified atom stereocenters. The first-order valence-corrected chi connectivity index (χ1v) is 11.4. The lowest BCUT2D eigenvalue weighted by molar-refractivity contribution is -0.385. The van der Waals surface area contributed by atoms with Gasteiger partial charge in [-0.05, 0) is 44.2 Å². The molecule has 2 aliphatic carbocycles. The fourth-order valence-corrected chi connectivity index (χ4v) is 2.88. The number of carbonyl (C=O) groups is 1. The van der Waals surface area contributed by atoms with Crippen molar-refractivity contribution in [3.05, 3.63) is 67.8 Å². The van der Waals surface area contributed by atoms with Gasteiger partial charge in [0.15, 0.2) is 0 Å². The van der Waals surface area contributed by atoms with Crippen LogP contribution >= 0.6 is 0 Å². The van der Waals surface area contributed by atoms with Crippen LogP contribution in [0.25, 0.3) is 0 Å². The molecule has 2 fully saturated rings. The molecule has 36 heavy (non-hydrogen) atoms. The van der Waals surface area contributed by atoms with Crippen LogP contribution in [-0.2, 0) is 4.79 Å². The molecular formula is C27H30N4O5.